The van der Waals surface area contributed by atoms with Crippen molar-refractivity contribution in [2.45, 2.75) is 19.3 Å². The maximum Gasteiger partial charge on any atom is 0.336 e. The van der Waals surface area contributed by atoms with Crippen molar-refractivity contribution in [3.8, 4) is 6.07 Å². The number of rotatable bonds is 2. The van der Waals surface area contributed by atoms with Gasteiger partial charge in [-0.3, -0.25) is 0 Å². The second kappa shape index (κ2) is 6.45. The van der Waals surface area contributed by atoms with Gasteiger partial charge in [0.2, 0.25) is 0 Å². The van der Waals surface area contributed by atoms with Gasteiger partial charge < -0.3 is 5.11 Å². The zero-order valence-electron chi connectivity index (χ0n) is 14.1. The highest BCUT2D eigenvalue weighted by Gasteiger charge is 2.24. The Morgan fingerprint density at radius 1 is 1.12 bits per heavy atom. The molecule has 2 aromatic carbocycles. The predicted octanol–water partition coefficient (Wildman–Crippen LogP) is 4.68. The van der Waals surface area contributed by atoms with Crippen molar-refractivity contribution < 1.29 is 9.90 Å². The molecule has 0 aliphatic heterocycles. The summed E-state index contributed by atoms with van der Waals surface area (Å²) >= 11 is 0. The second-order valence-electron chi connectivity index (χ2n) is 6.39. The van der Waals surface area contributed by atoms with Crippen molar-refractivity contribution in [2.75, 3.05) is 0 Å². The minimum Gasteiger partial charge on any atom is -0.478 e. The van der Waals surface area contributed by atoms with Gasteiger partial charge in [-0.1, -0.05) is 30.3 Å². The first-order valence-electron chi connectivity index (χ1n) is 8.53. The number of hydrogen-bond acceptors (Lipinski definition) is 3. The molecule has 0 amide bonds. The minimum atomic E-state index is -0.903. The molecule has 0 bridgehead atoms. The van der Waals surface area contributed by atoms with Crippen LogP contribution in [-0.2, 0) is 6.42 Å². The van der Waals surface area contributed by atoms with Crippen LogP contribution in [0.1, 0.15) is 45.6 Å². The molecule has 1 aromatic heterocycles. The SMILES string of the molecule is N#Cc1ccc(C=C2CCCc3c2nc2ccccc2c3C(=O)O)cc1. The Morgan fingerprint density at radius 3 is 2.62 bits per heavy atom. The van der Waals surface area contributed by atoms with E-state index in [1.807, 2.05) is 42.5 Å². The van der Waals surface area contributed by atoms with Gasteiger partial charge >= 0.3 is 5.97 Å². The van der Waals surface area contributed by atoms with E-state index in [-0.39, 0.29) is 0 Å². The van der Waals surface area contributed by atoms with Gasteiger partial charge in [-0.05, 0) is 60.2 Å². The molecule has 0 fully saturated rings. The van der Waals surface area contributed by atoms with E-state index in [0.717, 1.165) is 41.7 Å². The third kappa shape index (κ3) is 2.74. The number of carboxylic acids is 1. The highest BCUT2D eigenvalue weighted by atomic mass is 16.4. The predicted molar refractivity (Wildman–Crippen MR) is 101 cm³/mol. The van der Waals surface area contributed by atoms with Gasteiger partial charge in [0.25, 0.3) is 0 Å². The molecule has 0 spiro atoms. The maximum absolute atomic E-state index is 11.9. The number of fused-ring (bicyclic) bond motifs is 2. The summed E-state index contributed by atoms with van der Waals surface area (Å²) in [7, 11) is 0. The lowest BCUT2D eigenvalue weighted by Gasteiger charge is -2.21. The summed E-state index contributed by atoms with van der Waals surface area (Å²) in [6, 6.07) is 16.9. The number of aromatic nitrogens is 1. The molecule has 4 rings (SSSR count). The fraction of sp³-hybridized carbons (Fsp3) is 0.136. The lowest BCUT2D eigenvalue weighted by molar-refractivity contribution is 0.0697. The topological polar surface area (TPSA) is 74.0 Å². The number of nitriles is 1. The number of aromatic carboxylic acids is 1. The molecule has 0 saturated carbocycles. The Morgan fingerprint density at radius 2 is 1.88 bits per heavy atom. The summed E-state index contributed by atoms with van der Waals surface area (Å²) in [5.74, 6) is -0.903. The Balaban J connectivity index is 1.91. The Hall–Kier alpha value is -3.45. The molecule has 4 nitrogen and oxygen atoms in total. The van der Waals surface area contributed by atoms with Crippen molar-refractivity contribution in [2.24, 2.45) is 0 Å². The van der Waals surface area contributed by atoms with Gasteiger partial charge in [0.05, 0.1) is 28.4 Å². The van der Waals surface area contributed by atoms with Gasteiger partial charge in [-0.25, -0.2) is 9.78 Å². The Kier molecular flexibility index (Phi) is 3.98. The molecule has 1 heterocycles. The largest absolute Gasteiger partial charge is 0.478 e. The van der Waals surface area contributed by atoms with Gasteiger partial charge in [-0.2, -0.15) is 5.26 Å². The average molecular weight is 340 g/mol. The van der Waals surface area contributed by atoms with Crippen molar-refractivity contribution in [1.82, 2.24) is 4.98 Å². The highest BCUT2D eigenvalue weighted by molar-refractivity contribution is 6.05. The Labute approximate surface area is 151 Å². The summed E-state index contributed by atoms with van der Waals surface area (Å²) < 4.78 is 0. The molecule has 126 valence electrons. The van der Waals surface area contributed by atoms with E-state index in [1.165, 1.54) is 0 Å². The molecular formula is C22H16N2O2. The van der Waals surface area contributed by atoms with E-state index in [1.54, 1.807) is 12.1 Å². The molecule has 0 unspecified atom stereocenters. The zero-order valence-corrected chi connectivity index (χ0v) is 14.1. The van der Waals surface area contributed by atoms with E-state index in [4.69, 9.17) is 10.2 Å². The van der Waals surface area contributed by atoms with Crippen molar-refractivity contribution >= 4 is 28.5 Å². The van der Waals surface area contributed by atoms with E-state index in [2.05, 4.69) is 6.07 Å². The number of benzene rings is 2. The van der Waals surface area contributed by atoms with Crippen LogP contribution in [0.3, 0.4) is 0 Å². The van der Waals surface area contributed by atoms with E-state index >= 15 is 0 Å². The number of hydrogen-bond donors (Lipinski definition) is 1. The van der Waals surface area contributed by atoms with Gasteiger partial charge in [0.15, 0.2) is 0 Å². The molecule has 26 heavy (non-hydrogen) atoms. The number of carboxylic acid groups (broad SMARTS) is 1. The molecule has 1 aliphatic rings. The number of nitrogens with zero attached hydrogens (tertiary/aromatic N) is 2. The normalized spacial score (nSPS) is 14.8. The van der Waals surface area contributed by atoms with Crippen LogP contribution in [0.15, 0.2) is 48.5 Å². The molecular weight excluding hydrogens is 324 g/mol. The first-order chi connectivity index (χ1) is 12.7. The minimum absolute atomic E-state index is 0.371. The molecule has 3 aromatic rings. The molecule has 4 heteroatoms. The highest BCUT2D eigenvalue weighted by Crippen LogP contribution is 2.36. The molecule has 0 saturated heterocycles. The fourth-order valence-electron chi connectivity index (χ4n) is 3.57. The van der Waals surface area contributed by atoms with Crippen LogP contribution in [0.25, 0.3) is 22.6 Å². The van der Waals surface area contributed by atoms with Crippen molar-refractivity contribution in [1.29, 1.82) is 5.26 Å². The average Bonchev–Trinajstić information content (AvgIpc) is 2.67. The lowest BCUT2D eigenvalue weighted by Crippen LogP contribution is -2.13. The van der Waals surface area contributed by atoms with Gasteiger partial charge in [0.1, 0.15) is 0 Å². The molecule has 1 N–H and O–H groups in total. The fourth-order valence-corrected chi connectivity index (χ4v) is 3.57. The second-order valence-corrected chi connectivity index (χ2v) is 6.39. The quantitative estimate of drug-likeness (QED) is 0.735. The van der Waals surface area contributed by atoms with E-state index in [0.29, 0.717) is 22.0 Å². The first kappa shape index (κ1) is 16.0. The lowest BCUT2D eigenvalue weighted by atomic mass is 9.86. The number of carbonyl (C=O) groups is 1. The maximum atomic E-state index is 11.9. The standard InChI is InChI=1S/C22H16N2O2/c23-13-15-10-8-14(9-11-15)12-16-4-3-6-18-20(22(25)26)17-5-1-2-7-19(17)24-21(16)18/h1-2,5,7-12H,3-4,6H2,(H,25,26). The van der Waals surface area contributed by atoms with Crippen LogP contribution in [0.2, 0.25) is 0 Å². The summed E-state index contributed by atoms with van der Waals surface area (Å²) in [6.07, 6.45) is 4.53. The van der Waals surface area contributed by atoms with E-state index in [9.17, 15) is 9.90 Å². The number of pyridine rings is 1. The monoisotopic (exact) mass is 340 g/mol. The summed E-state index contributed by atoms with van der Waals surface area (Å²) in [4.78, 5) is 16.7. The van der Waals surface area contributed by atoms with Crippen molar-refractivity contribution in [3.63, 3.8) is 0 Å². The smallest absolute Gasteiger partial charge is 0.336 e. The molecule has 0 atom stereocenters. The number of allylic oxidation sites excluding steroid dienone is 1. The summed E-state index contributed by atoms with van der Waals surface area (Å²) in [5.41, 5.74) is 5.34. The van der Waals surface area contributed by atoms with Crippen LogP contribution in [0.4, 0.5) is 0 Å². The van der Waals surface area contributed by atoms with Crippen LogP contribution in [-0.4, -0.2) is 16.1 Å². The third-order valence-corrected chi connectivity index (χ3v) is 4.76. The van der Waals surface area contributed by atoms with Gasteiger partial charge in [-0.15, -0.1) is 0 Å². The molecule has 0 radical (unpaired) electrons. The third-order valence-electron chi connectivity index (χ3n) is 4.76. The molecule has 1 aliphatic carbocycles. The zero-order chi connectivity index (χ0) is 18.1. The Bertz CT molecular complexity index is 1090. The van der Waals surface area contributed by atoms with Crippen LogP contribution >= 0.6 is 0 Å². The van der Waals surface area contributed by atoms with Crippen LogP contribution < -0.4 is 0 Å². The van der Waals surface area contributed by atoms with E-state index < -0.39 is 5.97 Å². The summed E-state index contributed by atoms with van der Waals surface area (Å²) in [6.45, 7) is 0. The first-order valence-corrected chi connectivity index (χ1v) is 8.53. The summed E-state index contributed by atoms with van der Waals surface area (Å²) in [5, 5.41) is 19.4. The number of para-hydroxylation sites is 1. The van der Waals surface area contributed by atoms with Crippen LogP contribution in [0, 0.1) is 11.3 Å². The van der Waals surface area contributed by atoms with Crippen molar-refractivity contribution in [3.05, 3.63) is 76.5 Å². The van der Waals surface area contributed by atoms with Gasteiger partial charge in [0, 0.05) is 5.39 Å². The van der Waals surface area contributed by atoms with Crippen LogP contribution in [0.5, 0.6) is 0 Å².